The number of anilines is 1. The third kappa shape index (κ3) is 2.87. The first-order chi connectivity index (χ1) is 12.1. The molecule has 1 aliphatic rings. The molecule has 4 rings (SSSR count). The van der Waals surface area contributed by atoms with Crippen molar-refractivity contribution >= 4 is 28.4 Å². The lowest BCUT2D eigenvalue weighted by Crippen LogP contribution is -2.27. The number of H-pyrrole nitrogens is 1. The lowest BCUT2D eigenvalue weighted by Gasteiger charge is -2.20. The van der Waals surface area contributed by atoms with Crippen molar-refractivity contribution in [2.24, 2.45) is 0 Å². The second kappa shape index (κ2) is 6.05. The summed E-state index contributed by atoms with van der Waals surface area (Å²) in [5, 5.41) is 13.7. The smallest absolute Gasteiger partial charge is 0.272 e. The van der Waals surface area contributed by atoms with E-state index < -0.39 is 0 Å². The van der Waals surface area contributed by atoms with Gasteiger partial charge in [-0.25, -0.2) is 0 Å². The zero-order chi connectivity index (χ0) is 17.4. The molecule has 2 aromatic carbocycles. The third-order valence-corrected chi connectivity index (χ3v) is 4.56. The Morgan fingerprint density at radius 3 is 2.92 bits per heavy atom. The van der Waals surface area contributed by atoms with Crippen LogP contribution in [-0.4, -0.2) is 22.0 Å². The van der Waals surface area contributed by atoms with E-state index >= 15 is 0 Å². The summed E-state index contributed by atoms with van der Waals surface area (Å²) in [5.41, 5.74) is 4.20. The van der Waals surface area contributed by atoms with Crippen LogP contribution in [0, 0.1) is 0 Å². The zero-order valence-electron chi connectivity index (χ0n) is 13.8. The predicted molar refractivity (Wildman–Crippen MR) is 95.4 cm³/mol. The number of amides is 2. The second-order valence-electron chi connectivity index (χ2n) is 6.28. The van der Waals surface area contributed by atoms with E-state index in [0.717, 1.165) is 34.1 Å². The number of nitrogens with zero attached hydrogens (tertiary/aromatic N) is 1. The minimum absolute atomic E-state index is 0.0482. The van der Waals surface area contributed by atoms with Crippen LogP contribution >= 0.6 is 0 Å². The van der Waals surface area contributed by atoms with Crippen LogP contribution < -0.4 is 10.6 Å². The molecular weight excluding hydrogens is 316 g/mol. The van der Waals surface area contributed by atoms with Crippen molar-refractivity contribution in [1.82, 2.24) is 15.5 Å². The van der Waals surface area contributed by atoms with Gasteiger partial charge in [-0.3, -0.25) is 14.7 Å². The van der Waals surface area contributed by atoms with Crippen LogP contribution in [0.5, 0.6) is 0 Å². The van der Waals surface area contributed by atoms with E-state index in [9.17, 15) is 9.59 Å². The van der Waals surface area contributed by atoms with Gasteiger partial charge in [0.1, 0.15) is 0 Å². The third-order valence-electron chi connectivity index (χ3n) is 4.56. The number of hydrogen-bond donors (Lipinski definition) is 3. The fourth-order valence-corrected chi connectivity index (χ4v) is 3.16. The molecule has 2 heterocycles. The Morgan fingerprint density at radius 2 is 2.04 bits per heavy atom. The molecule has 3 aromatic rings. The number of para-hydroxylation sites is 1. The Hall–Kier alpha value is -3.15. The highest BCUT2D eigenvalue weighted by Gasteiger charge is 2.19. The van der Waals surface area contributed by atoms with E-state index in [4.69, 9.17) is 0 Å². The van der Waals surface area contributed by atoms with Crippen molar-refractivity contribution in [2.75, 3.05) is 5.32 Å². The molecule has 1 atom stereocenters. The van der Waals surface area contributed by atoms with E-state index in [1.165, 1.54) is 0 Å². The molecule has 0 radical (unpaired) electrons. The Kier molecular flexibility index (Phi) is 3.72. The number of rotatable bonds is 3. The minimum atomic E-state index is -0.212. The molecule has 1 aliphatic heterocycles. The number of carbonyl (C=O) groups excluding carboxylic acids is 2. The highest BCUT2D eigenvalue weighted by Crippen LogP contribution is 2.26. The standard InChI is InChI=1S/C19H18N4O2/c1-11(12-6-8-15-13(10-12)7-9-17(24)21-15)20-19(25)18-14-4-2-3-5-16(14)22-23-18/h2-6,8,10-11H,7,9H2,1H3,(H,20,25)(H,21,24)(H,22,23)/t11-/m1/s1. The molecule has 1 aromatic heterocycles. The fourth-order valence-electron chi connectivity index (χ4n) is 3.16. The predicted octanol–water partition coefficient (Wildman–Crippen LogP) is 2.94. The van der Waals surface area contributed by atoms with Crippen molar-refractivity contribution in [3.8, 4) is 0 Å². The van der Waals surface area contributed by atoms with Gasteiger partial charge in [-0.05, 0) is 36.6 Å². The van der Waals surface area contributed by atoms with Gasteiger partial charge in [0.25, 0.3) is 5.91 Å². The fraction of sp³-hybridized carbons (Fsp3) is 0.211. The molecular formula is C19H18N4O2. The molecule has 25 heavy (non-hydrogen) atoms. The maximum atomic E-state index is 12.6. The first-order valence-corrected chi connectivity index (χ1v) is 8.28. The average molecular weight is 334 g/mol. The minimum Gasteiger partial charge on any atom is -0.344 e. The summed E-state index contributed by atoms with van der Waals surface area (Å²) in [7, 11) is 0. The van der Waals surface area contributed by atoms with Crippen LogP contribution in [0.1, 0.15) is 41.0 Å². The Labute approximate surface area is 144 Å². The number of benzene rings is 2. The lowest BCUT2D eigenvalue weighted by molar-refractivity contribution is -0.116. The maximum Gasteiger partial charge on any atom is 0.272 e. The number of aryl methyl sites for hydroxylation is 1. The van der Waals surface area contributed by atoms with Gasteiger partial charge in [0, 0.05) is 17.5 Å². The zero-order valence-corrected chi connectivity index (χ0v) is 13.8. The van der Waals surface area contributed by atoms with Gasteiger partial charge in [0.15, 0.2) is 5.69 Å². The number of aromatic nitrogens is 2. The number of fused-ring (bicyclic) bond motifs is 2. The summed E-state index contributed by atoms with van der Waals surface area (Å²) in [6.45, 7) is 1.94. The number of nitrogens with one attached hydrogen (secondary N) is 3. The van der Waals surface area contributed by atoms with Gasteiger partial charge in [0.05, 0.1) is 11.6 Å². The second-order valence-corrected chi connectivity index (χ2v) is 6.28. The van der Waals surface area contributed by atoms with Crippen LogP contribution in [0.3, 0.4) is 0 Å². The van der Waals surface area contributed by atoms with Crippen molar-refractivity contribution in [1.29, 1.82) is 0 Å². The van der Waals surface area contributed by atoms with E-state index in [0.29, 0.717) is 12.1 Å². The Bertz CT molecular complexity index is 976. The molecule has 6 heteroatoms. The highest BCUT2D eigenvalue weighted by molar-refractivity contribution is 6.04. The van der Waals surface area contributed by atoms with Crippen LogP contribution in [0.4, 0.5) is 5.69 Å². The number of hydrogen-bond acceptors (Lipinski definition) is 3. The molecule has 0 unspecified atom stereocenters. The summed E-state index contributed by atoms with van der Waals surface area (Å²) < 4.78 is 0. The SMILES string of the molecule is C[C@@H](NC(=O)c1n[nH]c2ccccc12)c1ccc2c(c1)CCC(=O)N2. The first kappa shape index (κ1) is 15.4. The molecule has 2 amide bonds. The number of carbonyl (C=O) groups is 2. The van der Waals surface area contributed by atoms with Crippen LogP contribution in [-0.2, 0) is 11.2 Å². The lowest BCUT2D eigenvalue weighted by atomic mass is 9.97. The van der Waals surface area contributed by atoms with Gasteiger partial charge >= 0.3 is 0 Å². The normalized spacial score (nSPS) is 14.7. The Morgan fingerprint density at radius 1 is 1.20 bits per heavy atom. The number of aromatic amines is 1. The summed E-state index contributed by atoms with van der Waals surface area (Å²) >= 11 is 0. The van der Waals surface area contributed by atoms with Gasteiger partial charge < -0.3 is 10.6 Å². The summed E-state index contributed by atoms with van der Waals surface area (Å²) in [6.07, 6.45) is 1.22. The quantitative estimate of drug-likeness (QED) is 0.688. The molecule has 126 valence electrons. The summed E-state index contributed by atoms with van der Waals surface area (Å²) in [6, 6.07) is 13.3. The molecule has 0 saturated carbocycles. The average Bonchev–Trinajstić information content (AvgIpc) is 3.05. The van der Waals surface area contributed by atoms with Crippen molar-refractivity contribution in [3.05, 3.63) is 59.3 Å². The van der Waals surface area contributed by atoms with E-state index in [1.807, 2.05) is 49.4 Å². The molecule has 6 nitrogen and oxygen atoms in total. The summed E-state index contributed by atoms with van der Waals surface area (Å²) in [4.78, 5) is 24.0. The van der Waals surface area contributed by atoms with Crippen molar-refractivity contribution < 1.29 is 9.59 Å². The van der Waals surface area contributed by atoms with E-state index in [1.54, 1.807) is 0 Å². The van der Waals surface area contributed by atoms with Crippen molar-refractivity contribution in [3.63, 3.8) is 0 Å². The maximum absolute atomic E-state index is 12.6. The van der Waals surface area contributed by atoms with Gasteiger partial charge in [-0.2, -0.15) is 5.10 Å². The highest BCUT2D eigenvalue weighted by atomic mass is 16.2. The van der Waals surface area contributed by atoms with Crippen LogP contribution in [0.25, 0.3) is 10.9 Å². The van der Waals surface area contributed by atoms with Crippen LogP contribution in [0.2, 0.25) is 0 Å². The molecule has 0 saturated heterocycles. The van der Waals surface area contributed by atoms with Crippen LogP contribution in [0.15, 0.2) is 42.5 Å². The van der Waals surface area contributed by atoms with E-state index in [2.05, 4.69) is 20.8 Å². The van der Waals surface area contributed by atoms with Gasteiger partial charge in [0.2, 0.25) is 5.91 Å². The van der Waals surface area contributed by atoms with Gasteiger partial charge in [-0.1, -0.05) is 30.3 Å². The molecule has 0 bridgehead atoms. The molecule has 0 fully saturated rings. The Balaban J connectivity index is 1.54. The molecule has 0 spiro atoms. The van der Waals surface area contributed by atoms with Crippen molar-refractivity contribution in [2.45, 2.75) is 25.8 Å². The van der Waals surface area contributed by atoms with Gasteiger partial charge in [-0.15, -0.1) is 0 Å². The van der Waals surface area contributed by atoms with E-state index in [-0.39, 0.29) is 17.9 Å². The molecule has 0 aliphatic carbocycles. The summed E-state index contributed by atoms with van der Waals surface area (Å²) in [5.74, 6) is -0.164. The topological polar surface area (TPSA) is 86.9 Å². The molecule has 3 N–H and O–H groups in total. The monoisotopic (exact) mass is 334 g/mol. The largest absolute Gasteiger partial charge is 0.344 e. The first-order valence-electron chi connectivity index (χ1n) is 8.28.